The summed E-state index contributed by atoms with van der Waals surface area (Å²) in [4.78, 5) is 14.7. The molecule has 0 atom stereocenters. The smallest absolute Gasteiger partial charge is 0.229 e. The summed E-state index contributed by atoms with van der Waals surface area (Å²) in [5.41, 5.74) is 7.99. The molecule has 170 valence electrons. The first-order valence-corrected chi connectivity index (χ1v) is 11.5. The van der Waals surface area contributed by atoms with E-state index in [0.29, 0.717) is 30.6 Å². The fourth-order valence-corrected chi connectivity index (χ4v) is 4.05. The second-order valence-corrected chi connectivity index (χ2v) is 8.36. The van der Waals surface area contributed by atoms with E-state index in [1.165, 1.54) is 11.8 Å². The molecular weight excluding hydrogens is 436 g/mol. The monoisotopic (exact) mass is 462 g/mol. The number of anilines is 2. The minimum absolute atomic E-state index is 0.196. The second-order valence-electron chi connectivity index (χ2n) is 7.42. The summed E-state index contributed by atoms with van der Waals surface area (Å²) in [6, 6.07) is 18.2. The molecule has 0 radical (unpaired) electrons. The van der Waals surface area contributed by atoms with E-state index in [1.807, 2.05) is 63.5 Å². The van der Waals surface area contributed by atoms with Gasteiger partial charge in [-0.15, -0.1) is 10.2 Å². The molecule has 10 heteroatoms. The second kappa shape index (κ2) is 10.3. The summed E-state index contributed by atoms with van der Waals surface area (Å²) in [5, 5.41) is 9.72. The van der Waals surface area contributed by atoms with Crippen molar-refractivity contribution in [3.8, 4) is 11.4 Å². The zero-order chi connectivity index (χ0) is 23.2. The van der Waals surface area contributed by atoms with E-state index in [-0.39, 0.29) is 5.95 Å². The first kappa shape index (κ1) is 22.5. The van der Waals surface area contributed by atoms with Crippen LogP contribution in [-0.4, -0.2) is 50.4 Å². The van der Waals surface area contributed by atoms with E-state index in [1.54, 1.807) is 4.90 Å². The Labute approximate surface area is 197 Å². The first-order valence-electron chi connectivity index (χ1n) is 10.6. The Balaban J connectivity index is 1.64. The van der Waals surface area contributed by atoms with Crippen LogP contribution in [0.3, 0.4) is 0 Å². The number of nitrogens with two attached hydrogens (primary N) is 1. The molecule has 0 aliphatic heterocycles. The van der Waals surface area contributed by atoms with Gasteiger partial charge < -0.3 is 15.4 Å². The average Bonchev–Trinajstić information content (AvgIpc) is 3.21. The lowest BCUT2D eigenvalue weighted by atomic mass is 10.1. The Hall–Kier alpha value is -3.66. The molecule has 0 unspecified atom stereocenters. The van der Waals surface area contributed by atoms with Crippen LogP contribution in [0.1, 0.15) is 24.1 Å². The number of aromatic nitrogens is 6. The topological polar surface area (TPSA) is 108 Å². The number of rotatable bonds is 9. The number of hydrogen-bond acceptors (Lipinski definition) is 9. The quantitative estimate of drug-likeness (QED) is 0.374. The minimum atomic E-state index is 0.196. The van der Waals surface area contributed by atoms with Gasteiger partial charge in [0, 0.05) is 26.2 Å². The van der Waals surface area contributed by atoms with Crippen LogP contribution >= 0.6 is 11.8 Å². The molecule has 4 aromatic rings. The molecule has 0 aliphatic carbocycles. The van der Waals surface area contributed by atoms with Crippen LogP contribution in [0.25, 0.3) is 5.69 Å². The summed E-state index contributed by atoms with van der Waals surface area (Å²) in [6.07, 6.45) is 0.658. The molecule has 2 N–H and O–H groups in total. The van der Waals surface area contributed by atoms with E-state index < -0.39 is 0 Å². The maximum atomic E-state index is 5.87. The van der Waals surface area contributed by atoms with Crippen molar-refractivity contribution in [1.82, 2.24) is 29.7 Å². The predicted octanol–water partition coefficient (Wildman–Crippen LogP) is 3.38. The molecule has 0 saturated heterocycles. The molecule has 0 saturated carbocycles. The molecule has 0 aliphatic rings. The Morgan fingerprint density at radius 2 is 1.73 bits per heavy atom. The Bertz CT molecular complexity index is 1200. The number of benzene rings is 2. The largest absolute Gasteiger partial charge is 0.494 e. The van der Waals surface area contributed by atoms with Crippen molar-refractivity contribution in [3.05, 3.63) is 71.8 Å². The molecule has 0 spiro atoms. The SMILES string of the molecule is CCOc1ccc(-n2c(Cc3ccccc3)nnc2SCc2nc(N)nc(N(C)C)n2)cc1. The molecule has 2 heterocycles. The molecule has 0 bridgehead atoms. The summed E-state index contributed by atoms with van der Waals surface area (Å²) in [5.74, 6) is 3.45. The molecule has 4 rings (SSSR count). The molecule has 0 fully saturated rings. The highest BCUT2D eigenvalue weighted by molar-refractivity contribution is 7.98. The zero-order valence-electron chi connectivity index (χ0n) is 18.8. The third kappa shape index (κ3) is 5.58. The highest BCUT2D eigenvalue weighted by Crippen LogP contribution is 2.27. The van der Waals surface area contributed by atoms with Gasteiger partial charge >= 0.3 is 0 Å². The van der Waals surface area contributed by atoms with Crippen molar-refractivity contribution in [3.63, 3.8) is 0 Å². The van der Waals surface area contributed by atoms with Gasteiger partial charge in [0.1, 0.15) is 17.4 Å². The van der Waals surface area contributed by atoms with Gasteiger partial charge in [0.15, 0.2) is 5.16 Å². The Morgan fingerprint density at radius 1 is 0.970 bits per heavy atom. The maximum Gasteiger partial charge on any atom is 0.229 e. The van der Waals surface area contributed by atoms with Gasteiger partial charge in [-0.1, -0.05) is 42.1 Å². The van der Waals surface area contributed by atoms with Gasteiger partial charge in [-0.05, 0) is 36.8 Å². The maximum absolute atomic E-state index is 5.87. The van der Waals surface area contributed by atoms with Gasteiger partial charge in [-0.2, -0.15) is 15.0 Å². The van der Waals surface area contributed by atoms with Gasteiger partial charge in [-0.25, -0.2) is 0 Å². The Kier molecular flexibility index (Phi) is 7.04. The van der Waals surface area contributed by atoms with E-state index in [9.17, 15) is 0 Å². The third-order valence-electron chi connectivity index (χ3n) is 4.73. The minimum Gasteiger partial charge on any atom is -0.494 e. The molecule has 33 heavy (non-hydrogen) atoms. The highest BCUT2D eigenvalue weighted by atomic mass is 32.2. The standard InChI is InChI=1S/C23H26N8OS/c1-4-32-18-12-10-17(11-13-18)31-20(14-16-8-6-5-7-9-16)28-29-23(31)33-15-19-25-21(24)27-22(26-19)30(2)3/h5-13H,4,14-15H2,1-3H3,(H2,24,25,26,27). The summed E-state index contributed by atoms with van der Waals surface area (Å²) >= 11 is 1.50. The van der Waals surface area contributed by atoms with Crippen LogP contribution in [0.5, 0.6) is 5.75 Å². The van der Waals surface area contributed by atoms with Crippen molar-refractivity contribution in [2.75, 3.05) is 31.3 Å². The van der Waals surface area contributed by atoms with Crippen LogP contribution in [-0.2, 0) is 12.2 Å². The lowest BCUT2D eigenvalue weighted by Crippen LogP contribution is -2.16. The normalized spacial score (nSPS) is 10.9. The Morgan fingerprint density at radius 3 is 2.42 bits per heavy atom. The number of nitrogen functional groups attached to an aromatic ring is 1. The molecule has 2 aromatic heterocycles. The van der Waals surface area contributed by atoms with Crippen LogP contribution in [0.15, 0.2) is 59.8 Å². The van der Waals surface area contributed by atoms with E-state index in [0.717, 1.165) is 28.0 Å². The molecular formula is C23H26N8OS. The van der Waals surface area contributed by atoms with Crippen LogP contribution < -0.4 is 15.4 Å². The summed E-state index contributed by atoms with van der Waals surface area (Å²) < 4.78 is 7.66. The lowest BCUT2D eigenvalue weighted by molar-refractivity contribution is 0.340. The van der Waals surface area contributed by atoms with E-state index in [2.05, 4.69) is 41.8 Å². The van der Waals surface area contributed by atoms with Gasteiger partial charge in [0.05, 0.1) is 12.4 Å². The van der Waals surface area contributed by atoms with Gasteiger partial charge in [0.25, 0.3) is 0 Å². The van der Waals surface area contributed by atoms with Crippen molar-refractivity contribution < 1.29 is 4.74 Å². The number of nitrogens with zero attached hydrogens (tertiary/aromatic N) is 7. The van der Waals surface area contributed by atoms with Crippen LogP contribution in [0.4, 0.5) is 11.9 Å². The number of thioether (sulfide) groups is 1. The highest BCUT2D eigenvalue weighted by Gasteiger charge is 2.17. The van der Waals surface area contributed by atoms with Gasteiger partial charge in [-0.3, -0.25) is 4.57 Å². The summed E-state index contributed by atoms with van der Waals surface area (Å²) in [6.45, 7) is 2.59. The predicted molar refractivity (Wildman–Crippen MR) is 130 cm³/mol. The molecule has 0 amide bonds. The fourth-order valence-electron chi connectivity index (χ4n) is 3.22. The van der Waals surface area contributed by atoms with Crippen molar-refractivity contribution in [1.29, 1.82) is 0 Å². The lowest BCUT2D eigenvalue weighted by Gasteiger charge is -2.12. The summed E-state index contributed by atoms with van der Waals surface area (Å²) in [7, 11) is 3.73. The van der Waals surface area contributed by atoms with Crippen LogP contribution in [0, 0.1) is 0 Å². The first-order chi connectivity index (χ1) is 16.0. The van der Waals surface area contributed by atoms with E-state index >= 15 is 0 Å². The molecule has 2 aromatic carbocycles. The van der Waals surface area contributed by atoms with Crippen LogP contribution in [0.2, 0.25) is 0 Å². The number of hydrogen-bond donors (Lipinski definition) is 1. The zero-order valence-corrected chi connectivity index (χ0v) is 19.7. The van der Waals surface area contributed by atoms with E-state index in [4.69, 9.17) is 10.5 Å². The number of ether oxygens (including phenoxy) is 1. The van der Waals surface area contributed by atoms with Gasteiger partial charge in [0.2, 0.25) is 11.9 Å². The fraction of sp³-hybridized carbons (Fsp3) is 0.261. The molecule has 9 nitrogen and oxygen atoms in total. The average molecular weight is 463 g/mol. The third-order valence-corrected chi connectivity index (χ3v) is 5.65. The van der Waals surface area contributed by atoms with Crippen molar-refractivity contribution in [2.45, 2.75) is 24.3 Å². The van der Waals surface area contributed by atoms with Crippen molar-refractivity contribution in [2.24, 2.45) is 0 Å². The van der Waals surface area contributed by atoms with Crippen molar-refractivity contribution >= 4 is 23.7 Å².